The number of carbonyl (C=O) groups excluding carboxylic acids is 2. The minimum Gasteiger partial charge on any atom is -0.369 e. The molecule has 0 bridgehead atoms. The number of carbonyl (C=O) groups is 2. The minimum absolute atomic E-state index is 0.307. The summed E-state index contributed by atoms with van der Waals surface area (Å²) in [6.07, 6.45) is 2.71. The van der Waals surface area contributed by atoms with Gasteiger partial charge in [0.1, 0.15) is 6.42 Å². The smallest absolute Gasteiger partial charge is 0.236 e. The maximum absolute atomic E-state index is 10.8. The van der Waals surface area contributed by atoms with Gasteiger partial charge in [0.25, 0.3) is 0 Å². The Balaban J connectivity index is 2.42. The van der Waals surface area contributed by atoms with E-state index in [0.29, 0.717) is 5.95 Å². The van der Waals surface area contributed by atoms with E-state index in [9.17, 15) is 9.59 Å². The van der Waals surface area contributed by atoms with Crippen LogP contribution in [0, 0.1) is 0 Å². The highest BCUT2D eigenvalue weighted by molar-refractivity contribution is 6.02. The lowest BCUT2D eigenvalue weighted by molar-refractivity contribution is -0.124. The molecule has 0 aromatic carbocycles. The molecular weight excluding hydrogens is 160 g/mol. The summed E-state index contributed by atoms with van der Waals surface area (Å²) >= 11 is 0. The fraction of sp³-hybridized carbons (Fsp3) is 0.167. The molecule has 0 spiro atoms. The number of rotatable bonds is 3. The Bertz CT molecular complexity index is 280. The van der Waals surface area contributed by atoms with Gasteiger partial charge in [-0.15, -0.1) is 0 Å². The van der Waals surface area contributed by atoms with Crippen molar-refractivity contribution in [2.45, 2.75) is 6.42 Å². The predicted octanol–water partition coefficient (Wildman–Crippen LogP) is -0.776. The SMILES string of the molecule is NC(=O)CC(=O)Nc1ncc[nH]1. The van der Waals surface area contributed by atoms with E-state index in [-0.39, 0.29) is 6.42 Å². The first-order chi connectivity index (χ1) is 5.68. The van der Waals surface area contributed by atoms with Gasteiger partial charge in [-0.1, -0.05) is 0 Å². The van der Waals surface area contributed by atoms with Gasteiger partial charge in [-0.2, -0.15) is 0 Å². The van der Waals surface area contributed by atoms with Gasteiger partial charge in [0, 0.05) is 12.4 Å². The largest absolute Gasteiger partial charge is 0.369 e. The molecule has 0 saturated carbocycles. The molecule has 0 unspecified atom stereocenters. The fourth-order valence-electron chi connectivity index (χ4n) is 0.668. The molecule has 6 nitrogen and oxygen atoms in total. The van der Waals surface area contributed by atoms with Crippen LogP contribution in [0.5, 0.6) is 0 Å². The second-order valence-corrected chi connectivity index (χ2v) is 2.13. The first-order valence-electron chi connectivity index (χ1n) is 3.26. The van der Waals surface area contributed by atoms with Crippen molar-refractivity contribution in [3.05, 3.63) is 12.4 Å². The van der Waals surface area contributed by atoms with Crippen LogP contribution in [-0.4, -0.2) is 21.8 Å². The monoisotopic (exact) mass is 168 g/mol. The lowest BCUT2D eigenvalue weighted by atomic mass is 10.4. The Morgan fingerprint density at radius 3 is 2.92 bits per heavy atom. The molecule has 1 aromatic rings. The third kappa shape index (κ3) is 2.41. The van der Waals surface area contributed by atoms with Crippen LogP contribution in [0.3, 0.4) is 0 Å². The first kappa shape index (κ1) is 8.25. The quantitative estimate of drug-likeness (QED) is 0.516. The highest BCUT2D eigenvalue weighted by Gasteiger charge is 2.06. The van der Waals surface area contributed by atoms with Gasteiger partial charge in [0.2, 0.25) is 17.8 Å². The van der Waals surface area contributed by atoms with Crippen LogP contribution in [0.2, 0.25) is 0 Å². The van der Waals surface area contributed by atoms with Gasteiger partial charge < -0.3 is 10.7 Å². The predicted molar refractivity (Wildman–Crippen MR) is 41.0 cm³/mol. The maximum atomic E-state index is 10.8. The van der Waals surface area contributed by atoms with Gasteiger partial charge in [-0.25, -0.2) is 4.98 Å². The Morgan fingerprint density at radius 1 is 1.67 bits per heavy atom. The average molecular weight is 168 g/mol. The zero-order valence-corrected chi connectivity index (χ0v) is 6.20. The molecule has 0 atom stereocenters. The lowest BCUT2D eigenvalue weighted by Crippen LogP contribution is -2.21. The number of hydrogen-bond acceptors (Lipinski definition) is 3. The van der Waals surface area contributed by atoms with E-state index in [2.05, 4.69) is 15.3 Å². The number of anilines is 1. The van der Waals surface area contributed by atoms with Crippen LogP contribution < -0.4 is 11.1 Å². The molecule has 6 heteroatoms. The minimum atomic E-state index is -0.668. The van der Waals surface area contributed by atoms with Crippen molar-refractivity contribution >= 4 is 17.8 Å². The van der Waals surface area contributed by atoms with Gasteiger partial charge in [-0.05, 0) is 0 Å². The van der Waals surface area contributed by atoms with Crippen LogP contribution in [0.25, 0.3) is 0 Å². The van der Waals surface area contributed by atoms with E-state index in [4.69, 9.17) is 5.73 Å². The molecule has 1 heterocycles. The summed E-state index contributed by atoms with van der Waals surface area (Å²) in [6, 6.07) is 0. The summed E-state index contributed by atoms with van der Waals surface area (Å²) in [4.78, 5) is 27.5. The number of aromatic nitrogens is 2. The van der Waals surface area contributed by atoms with Crippen LogP contribution >= 0.6 is 0 Å². The standard InChI is InChI=1S/C6H8N4O2/c7-4(11)3-5(12)10-6-8-1-2-9-6/h1-2H,3H2,(H2,7,11)(H2,8,9,10,12). The zero-order chi connectivity index (χ0) is 8.97. The van der Waals surface area contributed by atoms with Crippen molar-refractivity contribution in [1.82, 2.24) is 9.97 Å². The Kier molecular flexibility index (Phi) is 2.42. The molecule has 0 aliphatic carbocycles. The van der Waals surface area contributed by atoms with E-state index in [1.807, 2.05) is 0 Å². The summed E-state index contributed by atoms with van der Waals surface area (Å²) in [5.41, 5.74) is 4.79. The van der Waals surface area contributed by atoms with E-state index in [1.54, 1.807) is 6.20 Å². The lowest BCUT2D eigenvalue weighted by Gasteiger charge is -1.97. The summed E-state index contributed by atoms with van der Waals surface area (Å²) in [5, 5.41) is 2.35. The van der Waals surface area contributed by atoms with E-state index in [0.717, 1.165) is 0 Å². The molecular formula is C6H8N4O2. The highest BCUT2D eigenvalue weighted by atomic mass is 16.2. The van der Waals surface area contributed by atoms with Crippen LogP contribution in [0.15, 0.2) is 12.4 Å². The summed E-state index contributed by atoms with van der Waals surface area (Å²) in [5.74, 6) is -0.835. The molecule has 4 N–H and O–H groups in total. The number of nitrogens with zero attached hydrogens (tertiary/aromatic N) is 1. The van der Waals surface area contributed by atoms with Crippen LogP contribution in [-0.2, 0) is 9.59 Å². The van der Waals surface area contributed by atoms with E-state index < -0.39 is 11.8 Å². The molecule has 2 amide bonds. The number of H-pyrrole nitrogens is 1. The zero-order valence-electron chi connectivity index (χ0n) is 6.20. The average Bonchev–Trinajstić information content (AvgIpc) is 2.37. The number of nitrogens with two attached hydrogens (primary N) is 1. The highest BCUT2D eigenvalue weighted by Crippen LogP contribution is 1.95. The fourth-order valence-corrected chi connectivity index (χ4v) is 0.668. The van der Waals surface area contributed by atoms with Crippen molar-refractivity contribution in [3.63, 3.8) is 0 Å². The molecule has 1 rings (SSSR count). The second-order valence-electron chi connectivity index (χ2n) is 2.13. The molecule has 0 aliphatic rings. The molecule has 0 saturated heterocycles. The summed E-state index contributed by atoms with van der Waals surface area (Å²) < 4.78 is 0. The Labute approximate surface area is 68.2 Å². The topological polar surface area (TPSA) is 101 Å². The van der Waals surface area contributed by atoms with E-state index >= 15 is 0 Å². The summed E-state index contributed by atoms with van der Waals surface area (Å²) in [6.45, 7) is 0. The van der Waals surface area contributed by atoms with Crippen molar-refractivity contribution in [1.29, 1.82) is 0 Å². The molecule has 0 radical (unpaired) electrons. The Morgan fingerprint density at radius 2 is 2.42 bits per heavy atom. The number of nitrogens with one attached hydrogen (secondary N) is 2. The van der Waals surface area contributed by atoms with Crippen molar-refractivity contribution in [2.75, 3.05) is 5.32 Å². The number of primary amides is 1. The summed E-state index contributed by atoms with van der Waals surface area (Å²) in [7, 11) is 0. The number of aromatic amines is 1. The van der Waals surface area contributed by atoms with Crippen LogP contribution in [0.1, 0.15) is 6.42 Å². The Hall–Kier alpha value is -1.85. The van der Waals surface area contributed by atoms with Gasteiger partial charge in [0.15, 0.2) is 0 Å². The third-order valence-corrected chi connectivity index (χ3v) is 1.09. The number of amides is 2. The maximum Gasteiger partial charge on any atom is 0.236 e. The third-order valence-electron chi connectivity index (χ3n) is 1.09. The number of hydrogen-bond donors (Lipinski definition) is 3. The molecule has 1 aromatic heterocycles. The second kappa shape index (κ2) is 3.51. The van der Waals surface area contributed by atoms with Crippen molar-refractivity contribution in [2.24, 2.45) is 5.73 Å². The van der Waals surface area contributed by atoms with Gasteiger partial charge in [0.05, 0.1) is 0 Å². The van der Waals surface area contributed by atoms with Crippen molar-refractivity contribution < 1.29 is 9.59 Å². The van der Waals surface area contributed by atoms with Crippen molar-refractivity contribution in [3.8, 4) is 0 Å². The first-order valence-corrected chi connectivity index (χ1v) is 3.26. The molecule has 64 valence electrons. The van der Waals surface area contributed by atoms with Crippen LogP contribution in [0.4, 0.5) is 5.95 Å². The normalized spacial score (nSPS) is 9.33. The molecule has 12 heavy (non-hydrogen) atoms. The van der Waals surface area contributed by atoms with E-state index in [1.165, 1.54) is 6.20 Å². The number of imidazole rings is 1. The van der Waals surface area contributed by atoms with Gasteiger partial charge >= 0.3 is 0 Å². The van der Waals surface area contributed by atoms with Gasteiger partial charge in [-0.3, -0.25) is 14.9 Å². The molecule has 0 aliphatic heterocycles. The molecule has 0 fully saturated rings.